The molecule has 2 N–H and O–H groups in total. The fraction of sp³-hybridized carbons (Fsp3) is 0.476. The molecular weight excluding hydrogens is 410 g/mol. The fourth-order valence-electron chi connectivity index (χ4n) is 4.30. The van der Waals surface area contributed by atoms with Gasteiger partial charge in [-0.05, 0) is 37.8 Å². The van der Waals surface area contributed by atoms with Crippen molar-refractivity contribution in [1.82, 2.24) is 9.55 Å². The number of aromatic amines is 1. The van der Waals surface area contributed by atoms with Gasteiger partial charge in [0.15, 0.2) is 0 Å². The number of thioether (sulfide) groups is 1. The Bertz CT molecular complexity index is 1030. The van der Waals surface area contributed by atoms with Crippen LogP contribution in [0.3, 0.4) is 0 Å². The highest BCUT2D eigenvalue weighted by Gasteiger charge is 2.30. The molecule has 1 aromatic carbocycles. The van der Waals surface area contributed by atoms with Crippen LogP contribution in [-0.2, 0) is 11.2 Å². The van der Waals surface area contributed by atoms with Gasteiger partial charge in [-0.2, -0.15) is 0 Å². The zero-order valence-corrected chi connectivity index (χ0v) is 17.7. The van der Waals surface area contributed by atoms with Crippen molar-refractivity contribution in [3.63, 3.8) is 0 Å². The number of para-hydroxylation sites is 1. The standard InChI is InChI=1S/C21H24ClN3O3S/c22-15-8-4-5-9-16(15)23-18(26)12-29-17-11-10-14-19(17)24-21(28)25(20(14)27)13-6-2-1-3-7-13/h4-5,8-9,13,17H,1-3,6-7,10-12H2,(H,23,26)(H,24,28). The number of carbonyl (C=O) groups is 1. The first-order chi connectivity index (χ1) is 14.0. The second-order valence-electron chi connectivity index (χ2n) is 7.66. The van der Waals surface area contributed by atoms with E-state index in [1.807, 2.05) is 6.07 Å². The number of fused-ring (bicyclic) bond motifs is 1. The maximum Gasteiger partial charge on any atom is 0.328 e. The Kier molecular flexibility index (Phi) is 6.15. The summed E-state index contributed by atoms with van der Waals surface area (Å²) in [5.74, 6) is 0.0673. The Hall–Kier alpha value is -1.99. The van der Waals surface area contributed by atoms with Gasteiger partial charge in [0.2, 0.25) is 5.91 Å². The molecule has 0 saturated heterocycles. The maximum absolute atomic E-state index is 13.0. The number of benzene rings is 1. The molecule has 1 amide bonds. The van der Waals surface area contributed by atoms with Crippen molar-refractivity contribution in [2.24, 2.45) is 0 Å². The molecule has 1 fully saturated rings. The van der Waals surface area contributed by atoms with Crippen molar-refractivity contribution >= 4 is 35.0 Å². The number of aromatic nitrogens is 2. The van der Waals surface area contributed by atoms with Crippen LogP contribution in [0.1, 0.15) is 61.1 Å². The first-order valence-electron chi connectivity index (χ1n) is 10.1. The molecule has 29 heavy (non-hydrogen) atoms. The van der Waals surface area contributed by atoms with Gasteiger partial charge in [0.1, 0.15) is 0 Å². The SMILES string of the molecule is O=C(CSC1CCc2c1[nH]c(=O)n(C1CCCCC1)c2=O)Nc1ccccc1Cl. The Morgan fingerprint density at radius 2 is 1.93 bits per heavy atom. The second-order valence-corrected chi connectivity index (χ2v) is 9.25. The summed E-state index contributed by atoms with van der Waals surface area (Å²) in [4.78, 5) is 40.9. The average Bonchev–Trinajstić information content (AvgIpc) is 3.12. The highest BCUT2D eigenvalue weighted by atomic mass is 35.5. The quantitative estimate of drug-likeness (QED) is 0.744. The van der Waals surface area contributed by atoms with Crippen LogP contribution in [0.2, 0.25) is 5.02 Å². The highest BCUT2D eigenvalue weighted by molar-refractivity contribution is 8.00. The smallest absolute Gasteiger partial charge is 0.324 e. The minimum atomic E-state index is -0.311. The van der Waals surface area contributed by atoms with Crippen molar-refractivity contribution in [2.75, 3.05) is 11.1 Å². The third-order valence-electron chi connectivity index (χ3n) is 5.74. The lowest BCUT2D eigenvalue weighted by Gasteiger charge is -2.23. The molecule has 0 aliphatic heterocycles. The molecule has 1 heterocycles. The monoisotopic (exact) mass is 433 g/mol. The predicted octanol–water partition coefficient (Wildman–Crippen LogP) is 4.05. The van der Waals surface area contributed by atoms with E-state index < -0.39 is 0 Å². The minimum absolute atomic E-state index is 0.0124. The van der Waals surface area contributed by atoms with Crippen LogP contribution in [0.5, 0.6) is 0 Å². The van der Waals surface area contributed by atoms with Crippen molar-refractivity contribution in [3.8, 4) is 0 Å². The van der Waals surface area contributed by atoms with E-state index in [1.165, 1.54) is 22.7 Å². The maximum atomic E-state index is 13.0. The fourth-order valence-corrected chi connectivity index (χ4v) is 5.56. The molecule has 2 aliphatic rings. The van der Waals surface area contributed by atoms with Gasteiger partial charge < -0.3 is 10.3 Å². The van der Waals surface area contributed by atoms with Crippen molar-refractivity contribution in [3.05, 3.63) is 61.4 Å². The molecule has 0 bridgehead atoms. The zero-order valence-electron chi connectivity index (χ0n) is 16.1. The number of hydrogen-bond donors (Lipinski definition) is 2. The van der Waals surface area contributed by atoms with Crippen LogP contribution in [0.25, 0.3) is 0 Å². The molecule has 1 atom stereocenters. The lowest BCUT2D eigenvalue weighted by molar-refractivity contribution is -0.113. The van der Waals surface area contributed by atoms with Gasteiger partial charge >= 0.3 is 5.69 Å². The van der Waals surface area contributed by atoms with Crippen LogP contribution in [0.4, 0.5) is 5.69 Å². The molecule has 154 valence electrons. The molecule has 1 unspecified atom stereocenters. The summed E-state index contributed by atoms with van der Waals surface area (Å²) in [7, 11) is 0. The third-order valence-corrected chi connectivity index (χ3v) is 7.38. The van der Waals surface area contributed by atoms with Crippen molar-refractivity contribution in [2.45, 2.75) is 56.2 Å². The van der Waals surface area contributed by atoms with Gasteiger partial charge in [-0.25, -0.2) is 4.79 Å². The van der Waals surface area contributed by atoms with Gasteiger partial charge in [0, 0.05) is 22.5 Å². The first-order valence-corrected chi connectivity index (χ1v) is 11.5. The van der Waals surface area contributed by atoms with Crippen molar-refractivity contribution < 1.29 is 4.79 Å². The van der Waals surface area contributed by atoms with Crippen LogP contribution in [0, 0.1) is 0 Å². The van der Waals surface area contributed by atoms with Crippen LogP contribution in [0.15, 0.2) is 33.9 Å². The summed E-state index contributed by atoms with van der Waals surface area (Å²) in [5, 5.41) is 3.24. The lowest BCUT2D eigenvalue weighted by Crippen LogP contribution is -2.41. The molecule has 2 aliphatic carbocycles. The van der Waals surface area contributed by atoms with E-state index >= 15 is 0 Å². The van der Waals surface area contributed by atoms with Crippen molar-refractivity contribution in [1.29, 1.82) is 0 Å². The summed E-state index contributed by atoms with van der Waals surface area (Å²) in [6.45, 7) is 0. The molecule has 0 spiro atoms. The van der Waals surface area contributed by atoms with E-state index in [9.17, 15) is 14.4 Å². The zero-order chi connectivity index (χ0) is 20.4. The summed E-state index contributed by atoms with van der Waals surface area (Å²) in [6.07, 6.45) is 6.47. The van der Waals surface area contributed by atoms with Gasteiger partial charge in [0.25, 0.3) is 5.56 Å². The van der Waals surface area contributed by atoms with Gasteiger partial charge in [-0.15, -0.1) is 11.8 Å². The minimum Gasteiger partial charge on any atom is -0.324 e. The topological polar surface area (TPSA) is 84.0 Å². The molecule has 8 heteroatoms. The highest BCUT2D eigenvalue weighted by Crippen LogP contribution is 2.38. The number of carbonyl (C=O) groups excluding carboxylic acids is 1. The van der Waals surface area contributed by atoms with Gasteiger partial charge in [-0.1, -0.05) is 43.0 Å². The van der Waals surface area contributed by atoms with E-state index in [2.05, 4.69) is 10.3 Å². The summed E-state index contributed by atoms with van der Waals surface area (Å²) < 4.78 is 1.44. The van der Waals surface area contributed by atoms with Crippen LogP contribution < -0.4 is 16.6 Å². The van der Waals surface area contributed by atoms with E-state index in [0.717, 1.165) is 32.1 Å². The number of anilines is 1. The number of H-pyrrole nitrogens is 1. The molecule has 1 aromatic heterocycles. The average molecular weight is 434 g/mol. The van der Waals surface area contributed by atoms with Gasteiger partial charge in [-0.3, -0.25) is 14.2 Å². The molecule has 2 aromatic rings. The molecule has 1 saturated carbocycles. The normalized spacial score (nSPS) is 19.1. The first kappa shape index (κ1) is 20.3. The molecular formula is C21H24ClN3O3S. The Morgan fingerprint density at radius 1 is 1.17 bits per heavy atom. The largest absolute Gasteiger partial charge is 0.328 e. The van der Waals surface area contributed by atoms with Crippen LogP contribution >= 0.6 is 23.4 Å². The molecule has 6 nitrogen and oxygen atoms in total. The number of amides is 1. The van der Waals surface area contributed by atoms with E-state index in [1.54, 1.807) is 18.2 Å². The number of nitrogens with one attached hydrogen (secondary N) is 2. The molecule has 0 radical (unpaired) electrons. The number of hydrogen-bond acceptors (Lipinski definition) is 4. The summed E-state index contributed by atoms with van der Waals surface area (Å²) >= 11 is 7.52. The number of nitrogens with zero attached hydrogens (tertiary/aromatic N) is 1. The Labute approximate surface area is 178 Å². The second kappa shape index (κ2) is 8.79. The Balaban J connectivity index is 1.46. The van der Waals surface area contributed by atoms with Crippen LogP contribution in [-0.4, -0.2) is 21.2 Å². The summed E-state index contributed by atoms with van der Waals surface area (Å²) in [6, 6.07) is 7.10. The molecule has 4 rings (SSSR count). The third kappa shape index (κ3) is 4.31. The van der Waals surface area contributed by atoms with E-state index in [4.69, 9.17) is 11.6 Å². The summed E-state index contributed by atoms with van der Waals surface area (Å²) in [5.41, 5.74) is 1.53. The van der Waals surface area contributed by atoms with E-state index in [-0.39, 0.29) is 34.2 Å². The lowest BCUT2D eigenvalue weighted by atomic mass is 9.95. The predicted molar refractivity (Wildman–Crippen MR) is 117 cm³/mol. The number of rotatable bonds is 5. The van der Waals surface area contributed by atoms with E-state index in [0.29, 0.717) is 28.4 Å². The van der Waals surface area contributed by atoms with Gasteiger partial charge in [0.05, 0.1) is 16.5 Å². The number of halogens is 1. The Morgan fingerprint density at radius 3 is 2.69 bits per heavy atom.